The van der Waals surface area contributed by atoms with E-state index in [0.29, 0.717) is 5.75 Å². The molecule has 2 aromatic carbocycles. The molecule has 2 aromatic rings. The maximum atomic E-state index is 11.9. The molecule has 0 heterocycles. The van der Waals surface area contributed by atoms with Crippen molar-refractivity contribution in [2.24, 2.45) is 0 Å². The van der Waals surface area contributed by atoms with Crippen LogP contribution in [0.1, 0.15) is 31.9 Å². The zero-order valence-electron chi connectivity index (χ0n) is 15.5. The van der Waals surface area contributed by atoms with Crippen LogP contribution in [-0.4, -0.2) is 16.6 Å². The lowest BCUT2D eigenvalue weighted by Gasteiger charge is -2.19. The van der Waals surface area contributed by atoms with Crippen molar-refractivity contribution in [2.45, 2.75) is 40.2 Å². The number of ether oxygens (including phenoxy) is 2. The van der Waals surface area contributed by atoms with Crippen LogP contribution in [0.25, 0.3) is 0 Å². The highest BCUT2D eigenvalue weighted by Crippen LogP contribution is 2.30. The Morgan fingerprint density at radius 3 is 2.12 bits per heavy atom. The molecular formula is C19H22N2O5. The number of rotatable bonds is 4. The van der Waals surface area contributed by atoms with Crippen molar-refractivity contribution in [1.29, 1.82) is 0 Å². The largest absolute Gasteiger partial charge is 0.457 e. The molecule has 7 nitrogen and oxygen atoms in total. The van der Waals surface area contributed by atoms with Gasteiger partial charge in [-0.05, 0) is 57.9 Å². The van der Waals surface area contributed by atoms with Gasteiger partial charge in [0.25, 0.3) is 5.69 Å². The second kappa shape index (κ2) is 7.43. The monoisotopic (exact) mass is 358 g/mol. The summed E-state index contributed by atoms with van der Waals surface area (Å²) in [5.41, 5.74) is 1.37. The number of carbonyl (C=O) groups excluding carboxylic acids is 1. The highest BCUT2D eigenvalue weighted by atomic mass is 16.6. The van der Waals surface area contributed by atoms with E-state index in [0.717, 1.165) is 11.1 Å². The van der Waals surface area contributed by atoms with E-state index in [9.17, 15) is 14.9 Å². The van der Waals surface area contributed by atoms with E-state index in [4.69, 9.17) is 9.47 Å². The Morgan fingerprint density at radius 2 is 1.58 bits per heavy atom. The number of carbonyl (C=O) groups is 1. The van der Waals surface area contributed by atoms with Crippen LogP contribution in [0.5, 0.6) is 11.5 Å². The van der Waals surface area contributed by atoms with Gasteiger partial charge in [-0.3, -0.25) is 15.4 Å². The van der Waals surface area contributed by atoms with Crippen LogP contribution in [0.15, 0.2) is 36.4 Å². The lowest BCUT2D eigenvalue weighted by Crippen LogP contribution is -2.27. The summed E-state index contributed by atoms with van der Waals surface area (Å²) in [6, 6.07) is 9.71. The number of nitrogens with one attached hydrogen (secondary N) is 1. The van der Waals surface area contributed by atoms with Gasteiger partial charge in [-0.15, -0.1) is 0 Å². The maximum Gasteiger partial charge on any atom is 0.412 e. The van der Waals surface area contributed by atoms with Crippen molar-refractivity contribution < 1.29 is 19.2 Å². The Kier molecular flexibility index (Phi) is 5.50. The first-order chi connectivity index (χ1) is 12.0. The number of aryl methyl sites for hydroxylation is 2. The van der Waals surface area contributed by atoms with Gasteiger partial charge in [-0.25, -0.2) is 4.79 Å². The van der Waals surface area contributed by atoms with Crippen LogP contribution in [0.2, 0.25) is 0 Å². The third kappa shape index (κ3) is 5.77. The minimum atomic E-state index is -0.699. The van der Waals surface area contributed by atoms with Crippen LogP contribution >= 0.6 is 0 Å². The molecule has 26 heavy (non-hydrogen) atoms. The quantitative estimate of drug-likeness (QED) is 0.587. The molecule has 0 bridgehead atoms. The van der Waals surface area contributed by atoms with E-state index in [1.54, 1.807) is 20.8 Å². The molecule has 1 amide bonds. The molecule has 0 saturated heterocycles. The predicted octanol–water partition coefficient (Wildman–Crippen LogP) is 5.35. The highest BCUT2D eigenvalue weighted by molar-refractivity contribution is 5.85. The summed E-state index contributed by atoms with van der Waals surface area (Å²) in [5, 5.41) is 13.7. The number of amides is 1. The Hall–Kier alpha value is -3.09. The lowest BCUT2D eigenvalue weighted by molar-refractivity contribution is -0.384. The molecule has 0 unspecified atom stereocenters. The first-order valence-corrected chi connectivity index (χ1v) is 8.07. The fourth-order valence-corrected chi connectivity index (χ4v) is 2.37. The van der Waals surface area contributed by atoms with Crippen LogP contribution in [0, 0.1) is 24.0 Å². The Balaban J connectivity index is 2.30. The molecular weight excluding hydrogens is 336 g/mol. The smallest absolute Gasteiger partial charge is 0.412 e. The number of benzene rings is 2. The minimum Gasteiger partial charge on any atom is -0.457 e. The van der Waals surface area contributed by atoms with Crippen molar-refractivity contribution in [3.8, 4) is 11.5 Å². The van der Waals surface area contributed by atoms with Gasteiger partial charge in [-0.1, -0.05) is 6.07 Å². The number of nitro groups is 1. The number of hydrogen-bond donors (Lipinski definition) is 1. The molecule has 0 saturated carbocycles. The van der Waals surface area contributed by atoms with Crippen LogP contribution in [0.4, 0.5) is 16.2 Å². The van der Waals surface area contributed by atoms with E-state index in [-0.39, 0.29) is 17.1 Å². The summed E-state index contributed by atoms with van der Waals surface area (Å²) in [6.45, 7) is 9.06. The van der Waals surface area contributed by atoms with Gasteiger partial charge in [0.05, 0.1) is 16.7 Å². The molecule has 0 aliphatic heterocycles. The molecule has 0 fully saturated rings. The van der Waals surface area contributed by atoms with Gasteiger partial charge < -0.3 is 9.47 Å². The zero-order valence-corrected chi connectivity index (χ0v) is 15.5. The van der Waals surface area contributed by atoms with Crippen molar-refractivity contribution in [1.82, 2.24) is 0 Å². The zero-order chi connectivity index (χ0) is 19.5. The van der Waals surface area contributed by atoms with Crippen molar-refractivity contribution in [3.63, 3.8) is 0 Å². The fourth-order valence-electron chi connectivity index (χ4n) is 2.37. The summed E-state index contributed by atoms with van der Waals surface area (Å²) in [4.78, 5) is 22.6. The van der Waals surface area contributed by atoms with E-state index in [1.165, 1.54) is 18.2 Å². The topological polar surface area (TPSA) is 90.7 Å². The van der Waals surface area contributed by atoms with Gasteiger partial charge in [0.15, 0.2) is 0 Å². The molecule has 0 atom stereocenters. The van der Waals surface area contributed by atoms with Gasteiger partial charge >= 0.3 is 6.09 Å². The highest BCUT2D eigenvalue weighted by Gasteiger charge is 2.18. The summed E-state index contributed by atoms with van der Waals surface area (Å²) in [6.07, 6.45) is -0.699. The standard InChI is InChI=1S/C19H22N2O5/c1-12-6-13(2)8-16(7-12)25-17-10-14(9-15(11-17)21(23)24)20-18(22)26-19(3,4)5/h6-11H,1-5H3,(H,20,22). The summed E-state index contributed by atoms with van der Waals surface area (Å²) in [5.74, 6) is 0.807. The van der Waals surface area contributed by atoms with Gasteiger partial charge in [0.2, 0.25) is 0 Å². The Labute approximate surface area is 152 Å². The number of anilines is 1. The minimum absolute atomic E-state index is 0.196. The van der Waals surface area contributed by atoms with Crippen molar-refractivity contribution in [3.05, 3.63) is 57.6 Å². The van der Waals surface area contributed by atoms with E-state index in [2.05, 4.69) is 5.32 Å². The maximum absolute atomic E-state index is 11.9. The van der Waals surface area contributed by atoms with E-state index < -0.39 is 16.6 Å². The van der Waals surface area contributed by atoms with Gasteiger partial charge in [0, 0.05) is 12.1 Å². The average molecular weight is 358 g/mol. The number of hydrogen-bond acceptors (Lipinski definition) is 5. The normalized spacial score (nSPS) is 11.0. The first kappa shape index (κ1) is 19.2. The molecule has 0 spiro atoms. The molecule has 1 N–H and O–H groups in total. The summed E-state index contributed by atoms with van der Waals surface area (Å²) in [7, 11) is 0. The second-order valence-electron chi connectivity index (χ2n) is 7.03. The van der Waals surface area contributed by atoms with Crippen LogP contribution < -0.4 is 10.1 Å². The molecule has 2 rings (SSSR count). The van der Waals surface area contributed by atoms with Gasteiger partial charge in [0.1, 0.15) is 17.1 Å². The van der Waals surface area contributed by atoms with E-state index >= 15 is 0 Å². The number of nitro benzene ring substituents is 1. The lowest BCUT2D eigenvalue weighted by atomic mass is 10.1. The molecule has 0 aromatic heterocycles. The summed E-state index contributed by atoms with van der Waals surface area (Å²) >= 11 is 0. The predicted molar refractivity (Wildman–Crippen MR) is 98.9 cm³/mol. The number of non-ortho nitro benzene ring substituents is 1. The molecule has 0 aliphatic rings. The average Bonchev–Trinajstić information content (AvgIpc) is 2.43. The Morgan fingerprint density at radius 1 is 1.00 bits per heavy atom. The third-order valence-electron chi connectivity index (χ3n) is 3.18. The first-order valence-electron chi connectivity index (χ1n) is 8.07. The molecule has 0 radical (unpaired) electrons. The van der Waals surface area contributed by atoms with Crippen LogP contribution in [0.3, 0.4) is 0 Å². The van der Waals surface area contributed by atoms with E-state index in [1.807, 2.05) is 32.0 Å². The fraction of sp³-hybridized carbons (Fsp3) is 0.316. The van der Waals surface area contributed by atoms with Crippen molar-refractivity contribution in [2.75, 3.05) is 5.32 Å². The second-order valence-corrected chi connectivity index (χ2v) is 7.03. The molecule has 7 heteroatoms. The number of nitrogens with zero attached hydrogens (tertiary/aromatic N) is 1. The summed E-state index contributed by atoms with van der Waals surface area (Å²) < 4.78 is 10.9. The van der Waals surface area contributed by atoms with Crippen molar-refractivity contribution >= 4 is 17.5 Å². The van der Waals surface area contributed by atoms with Gasteiger partial charge in [-0.2, -0.15) is 0 Å². The third-order valence-corrected chi connectivity index (χ3v) is 3.18. The SMILES string of the molecule is Cc1cc(C)cc(Oc2cc(NC(=O)OC(C)(C)C)cc([N+](=O)[O-])c2)c1. The Bertz CT molecular complexity index is 820. The molecule has 138 valence electrons. The van der Waals surface area contributed by atoms with Crippen LogP contribution in [-0.2, 0) is 4.74 Å². The molecule has 0 aliphatic carbocycles.